The van der Waals surface area contributed by atoms with Crippen molar-refractivity contribution in [3.63, 3.8) is 0 Å². The minimum absolute atomic E-state index is 0.0902. The van der Waals surface area contributed by atoms with E-state index in [9.17, 15) is 17.6 Å². The van der Waals surface area contributed by atoms with Gasteiger partial charge in [0, 0.05) is 12.5 Å². The fourth-order valence-corrected chi connectivity index (χ4v) is 1.45. The maximum atomic E-state index is 12.2. The predicted molar refractivity (Wildman–Crippen MR) is 55.3 cm³/mol. The molecule has 4 nitrogen and oxygen atoms in total. The Morgan fingerprint density at radius 2 is 2.11 bits per heavy atom. The Bertz CT molecular complexity index is 495. The molecule has 1 heterocycles. The third-order valence-electron chi connectivity index (χ3n) is 2.46. The molecule has 0 aliphatic heterocycles. The topological polar surface area (TPSA) is 54.2 Å². The van der Waals surface area contributed by atoms with E-state index in [1.54, 1.807) is 6.07 Å². The van der Waals surface area contributed by atoms with Crippen LogP contribution in [0.25, 0.3) is 4.85 Å². The van der Waals surface area contributed by atoms with Crippen molar-refractivity contribution in [2.24, 2.45) is 0 Å². The predicted octanol–water partition coefficient (Wildman–Crippen LogP) is 3.21. The second-order valence-corrected chi connectivity index (χ2v) is 3.97. The monoisotopic (exact) mass is 275 g/mol. The summed E-state index contributed by atoms with van der Waals surface area (Å²) in [5.41, 5.74) is -1.77. The van der Waals surface area contributed by atoms with Gasteiger partial charge in [0.25, 0.3) is 0 Å². The smallest absolute Gasteiger partial charge is 0.358 e. The summed E-state index contributed by atoms with van der Waals surface area (Å²) >= 11 is 0. The van der Waals surface area contributed by atoms with Gasteiger partial charge in [0.1, 0.15) is 6.67 Å². The van der Waals surface area contributed by atoms with Crippen LogP contribution in [0, 0.1) is 17.9 Å². The van der Waals surface area contributed by atoms with E-state index in [-0.39, 0.29) is 17.9 Å². The zero-order chi connectivity index (χ0) is 14.5. The number of hydrogen-bond acceptors (Lipinski definition) is 3. The molecular formula is C11H9F4N3O. The lowest BCUT2D eigenvalue weighted by Gasteiger charge is -2.14. The van der Waals surface area contributed by atoms with Gasteiger partial charge in [-0.3, -0.25) is 4.85 Å². The first-order valence-corrected chi connectivity index (χ1v) is 5.21. The third-order valence-corrected chi connectivity index (χ3v) is 2.46. The molecule has 0 aromatic carbocycles. The molecule has 1 aromatic heterocycles. The van der Waals surface area contributed by atoms with Crippen LogP contribution in [-0.2, 0) is 13.1 Å². The molecule has 0 amide bonds. The highest BCUT2D eigenvalue weighted by atomic mass is 19.4. The molecule has 1 unspecified atom stereocenters. The first-order valence-electron chi connectivity index (χ1n) is 5.21. The Kier molecular flexibility index (Phi) is 4.49. The summed E-state index contributed by atoms with van der Waals surface area (Å²) in [7, 11) is 0. The van der Waals surface area contributed by atoms with Crippen molar-refractivity contribution in [3.8, 4) is 6.07 Å². The van der Waals surface area contributed by atoms with Crippen LogP contribution >= 0.6 is 0 Å². The average molecular weight is 275 g/mol. The van der Waals surface area contributed by atoms with Gasteiger partial charge < -0.3 is 4.52 Å². The lowest BCUT2D eigenvalue weighted by molar-refractivity contribution is -0.136. The Balaban J connectivity index is 2.83. The van der Waals surface area contributed by atoms with Gasteiger partial charge in [0.2, 0.25) is 0 Å². The van der Waals surface area contributed by atoms with Crippen LogP contribution in [0.2, 0.25) is 0 Å². The molecule has 0 aliphatic rings. The summed E-state index contributed by atoms with van der Waals surface area (Å²) in [6.07, 6.45) is -6.67. The van der Waals surface area contributed by atoms with Gasteiger partial charge in [-0.1, -0.05) is 5.16 Å². The molecule has 8 heteroatoms. The number of nitriles is 1. The van der Waals surface area contributed by atoms with Crippen molar-refractivity contribution >= 4 is 0 Å². The highest BCUT2D eigenvalue weighted by Gasteiger charge is 2.42. The molecule has 0 aliphatic carbocycles. The average Bonchev–Trinajstić information content (AvgIpc) is 2.81. The van der Waals surface area contributed by atoms with Crippen molar-refractivity contribution in [1.82, 2.24) is 5.16 Å². The van der Waals surface area contributed by atoms with Gasteiger partial charge in [0.15, 0.2) is 11.8 Å². The lowest BCUT2D eigenvalue weighted by Crippen LogP contribution is -2.28. The molecule has 0 spiro atoms. The molecule has 1 atom stereocenters. The standard InChI is InChI=1S/C11H9F4N3O/c1-17-10(7-16,2-3-11(13,14)15)5-8-4-9(6-12)19-18-8/h4H,2-3,5-6H2. The molecule has 0 saturated carbocycles. The van der Waals surface area contributed by atoms with E-state index < -0.39 is 31.2 Å². The summed E-state index contributed by atoms with van der Waals surface area (Å²) in [5, 5.41) is 12.4. The quantitative estimate of drug-likeness (QED) is 0.612. The van der Waals surface area contributed by atoms with E-state index in [0.717, 1.165) is 0 Å². The van der Waals surface area contributed by atoms with Gasteiger partial charge >= 0.3 is 11.7 Å². The van der Waals surface area contributed by atoms with E-state index in [4.69, 9.17) is 11.8 Å². The van der Waals surface area contributed by atoms with E-state index in [0.29, 0.717) is 0 Å². The molecular weight excluding hydrogens is 266 g/mol. The maximum absolute atomic E-state index is 12.2. The van der Waals surface area contributed by atoms with Crippen molar-refractivity contribution < 1.29 is 22.1 Å². The van der Waals surface area contributed by atoms with Gasteiger partial charge in [-0.15, -0.1) is 0 Å². The van der Waals surface area contributed by atoms with Gasteiger partial charge in [-0.05, 0) is 0 Å². The molecule has 0 bridgehead atoms. The van der Waals surface area contributed by atoms with E-state index >= 15 is 0 Å². The van der Waals surface area contributed by atoms with Crippen LogP contribution in [0.3, 0.4) is 0 Å². The van der Waals surface area contributed by atoms with Crippen LogP contribution < -0.4 is 0 Å². The fourth-order valence-electron chi connectivity index (χ4n) is 1.45. The molecule has 1 rings (SSSR count). The highest BCUT2D eigenvalue weighted by molar-refractivity contribution is 5.22. The summed E-state index contributed by atoms with van der Waals surface area (Å²) in [4.78, 5) is 2.98. The summed E-state index contributed by atoms with van der Waals surface area (Å²) in [6, 6.07) is 2.77. The Morgan fingerprint density at radius 3 is 2.53 bits per heavy atom. The highest BCUT2D eigenvalue weighted by Crippen LogP contribution is 2.30. The van der Waals surface area contributed by atoms with Crippen molar-refractivity contribution in [1.29, 1.82) is 5.26 Å². The first-order chi connectivity index (χ1) is 8.84. The van der Waals surface area contributed by atoms with Crippen molar-refractivity contribution in [2.75, 3.05) is 0 Å². The molecule has 1 aromatic rings. The third kappa shape index (κ3) is 4.25. The lowest BCUT2D eigenvalue weighted by atomic mass is 9.90. The summed E-state index contributed by atoms with van der Waals surface area (Å²) in [5.74, 6) is -0.0948. The van der Waals surface area contributed by atoms with E-state index in [1.807, 2.05) is 0 Å². The SMILES string of the molecule is [C-]#[N+]C(C#N)(CCC(F)(F)F)Cc1cc(CF)on1. The first kappa shape index (κ1) is 15.0. The van der Waals surface area contributed by atoms with Gasteiger partial charge in [-0.2, -0.15) is 18.4 Å². The van der Waals surface area contributed by atoms with Crippen LogP contribution in [0.5, 0.6) is 0 Å². The fraction of sp³-hybridized carbons (Fsp3) is 0.545. The zero-order valence-electron chi connectivity index (χ0n) is 9.67. The number of rotatable bonds is 5. The van der Waals surface area contributed by atoms with Crippen molar-refractivity contribution in [2.45, 2.75) is 37.7 Å². The number of aromatic nitrogens is 1. The maximum Gasteiger partial charge on any atom is 0.389 e. The number of halogens is 4. The Morgan fingerprint density at radius 1 is 1.42 bits per heavy atom. The van der Waals surface area contributed by atoms with Crippen LogP contribution in [0.15, 0.2) is 10.6 Å². The minimum atomic E-state index is -4.44. The normalized spacial score (nSPS) is 14.4. The number of hydrogen-bond donors (Lipinski definition) is 0. The van der Waals surface area contributed by atoms with Gasteiger partial charge in [-0.25, -0.2) is 11.0 Å². The number of alkyl halides is 4. The zero-order valence-corrected chi connectivity index (χ0v) is 9.67. The molecule has 19 heavy (non-hydrogen) atoms. The summed E-state index contributed by atoms with van der Waals surface area (Å²) < 4.78 is 53.2. The van der Waals surface area contributed by atoms with E-state index in [2.05, 4.69) is 14.5 Å². The molecule has 0 saturated heterocycles. The molecule has 0 radical (unpaired) electrons. The van der Waals surface area contributed by atoms with Gasteiger partial charge in [0.05, 0.1) is 18.5 Å². The largest absolute Gasteiger partial charge is 0.389 e. The summed E-state index contributed by atoms with van der Waals surface area (Å²) in [6.45, 7) is 6.01. The van der Waals surface area contributed by atoms with Crippen LogP contribution in [-0.4, -0.2) is 16.9 Å². The Hall–Kier alpha value is -2.09. The van der Waals surface area contributed by atoms with E-state index in [1.165, 1.54) is 6.07 Å². The second kappa shape index (κ2) is 5.70. The Labute approximate surface area is 106 Å². The molecule has 102 valence electrons. The van der Waals surface area contributed by atoms with Crippen molar-refractivity contribution in [3.05, 3.63) is 28.9 Å². The minimum Gasteiger partial charge on any atom is -0.358 e. The van der Waals surface area contributed by atoms with Crippen LogP contribution in [0.1, 0.15) is 24.3 Å². The number of nitrogens with zero attached hydrogens (tertiary/aromatic N) is 3. The van der Waals surface area contributed by atoms with Crippen LogP contribution in [0.4, 0.5) is 17.6 Å². The second-order valence-electron chi connectivity index (χ2n) is 3.97. The molecule has 0 fully saturated rings. The molecule has 0 N–H and O–H groups in total.